The minimum atomic E-state index is -6.15. The molecule has 2 unspecified atom stereocenters. The standard InChI is InChI=1S/C20H19F7N2O2/c21-18(19(22,23)24,20(25,26)27)11-2-4-12-10(9-11)1-3-14-13(12)5-6-15(14)17(31)29-8-7-16(30)28-29/h2,4,9,13-15H,1,3,5-8H2,(H,28,30)/t13?,14?,15-/m1/s1. The monoisotopic (exact) mass is 452 g/mol. The number of benzene rings is 1. The SMILES string of the molecule is O=C1CCN(C(=O)[C@@H]2CCC3c4ccc(C(F)(C(F)(F)F)C(F)(F)F)cc4CCC32)N1. The van der Waals surface area contributed by atoms with Crippen LogP contribution in [-0.4, -0.2) is 35.7 Å². The summed E-state index contributed by atoms with van der Waals surface area (Å²) in [5.74, 6) is -1.22. The number of amides is 2. The van der Waals surface area contributed by atoms with Gasteiger partial charge in [-0.1, -0.05) is 18.2 Å². The van der Waals surface area contributed by atoms with Gasteiger partial charge in [0.05, 0.1) is 6.54 Å². The Labute approximate surface area is 172 Å². The summed E-state index contributed by atoms with van der Waals surface area (Å²) in [5.41, 5.74) is -3.63. The number of hydrogen-bond acceptors (Lipinski definition) is 2. The van der Waals surface area contributed by atoms with Gasteiger partial charge in [-0.15, -0.1) is 0 Å². The third-order valence-electron chi connectivity index (χ3n) is 6.70. The molecule has 1 heterocycles. The average Bonchev–Trinajstić information content (AvgIpc) is 3.30. The maximum Gasteiger partial charge on any atom is 0.435 e. The maximum absolute atomic E-state index is 14.4. The fourth-order valence-corrected chi connectivity index (χ4v) is 5.21. The van der Waals surface area contributed by atoms with E-state index < -0.39 is 23.6 Å². The van der Waals surface area contributed by atoms with E-state index in [9.17, 15) is 40.3 Å². The third-order valence-corrected chi connectivity index (χ3v) is 6.70. The number of hydrogen-bond donors (Lipinski definition) is 1. The van der Waals surface area contributed by atoms with E-state index in [0.29, 0.717) is 37.0 Å². The van der Waals surface area contributed by atoms with E-state index in [2.05, 4.69) is 5.43 Å². The molecule has 0 spiro atoms. The first-order valence-corrected chi connectivity index (χ1v) is 9.91. The molecule has 1 aliphatic heterocycles. The van der Waals surface area contributed by atoms with E-state index in [1.54, 1.807) is 0 Å². The molecule has 3 atom stereocenters. The van der Waals surface area contributed by atoms with Crippen molar-refractivity contribution in [1.82, 2.24) is 10.4 Å². The number of nitrogens with one attached hydrogen (secondary N) is 1. The van der Waals surface area contributed by atoms with Crippen molar-refractivity contribution in [1.29, 1.82) is 0 Å². The fourth-order valence-electron chi connectivity index (χ4n) is 5.21. The number of alkyl halides is 7. The molecule has 3 aliphatic rings. The lowest BCUT2D eigenvalue weighted by Crippen LogP contribution is -2.50. The highest BCUT2D eigenvalue weighted by atomic mass is 19.4. The van der Waals surface area contributed by atoms with Gasteiger partial charge in [0, 0.05) is 17.9 Å². The van der Waals surface area contributed by atoms with Crippen LogP contribution in [0.3, 0.4) is 0 Å². The van der Waals surface area contributed by atoms with Crippen LogP contribution in [0.1, 0.15) is 48.3 Å². The van der Waals surface area contributed by atoms with Crippen LogP contribution < -0.4 is 5.43 Å². The van der Waals surface area contributed by atoms with Crippen molar-refractivity contribution in [3.05, 3.63) is 34.9 Å². The Morgan fingerprint density at radius 3 is 2.23 bits per heavy atom. The van der Waals surface area contributed by atoms with Crippen molar-refractivity contribution < 1.29 is 40.3 Å². The smallest absolute Gasteiger partial charge is 0.273 e. The Balaban J connectivity index is 1.62. The second kappa shape index (κ2) is 7.09. The Bertz CT molecular complexity index is 898. The predicted molar refractivity (Wildman–Crippen MR) is 93.1 cm³/mol. The largest absolute Gasteiger partial charge is 0.435 e. The molecule has 1 saturated heterocycles. The summed E-state index contributed by atoms with van der Waals surface area (Å²) in [6.45, 7) is 0.263. The molecule has 0 radical (unpaired) electrons. The van der Waals surface area contributed by atoms with Crippen molar-refractivity contribution in [3.63, 3.8) is 0 Å². The highest BCUT2D eigenvalue weighted by Crippen LogP contribution is 2.55. The van der Waals surface area contributed by atoms with Gasteiger partial charge in [0.2, 0.25) is 11.8 Å². The molecule has 0 bridgehead atoms. The fraction of sp³-hybridized carbons (Fsp3) is 0.600. The van der Waals surface area contributed by atoms with Crippen molar-refractivity contribution in [2.24, 2.45) is 11.8 Å². The van der Waals surface area contributed by atoms with Crippen LogP contribution in [0, 0.1) is 11.8 Å². The van der Waals surface area contributed by atoms with Gasteiger partial charge in [-0.25, -0.2) is 4.39 Å². The minimum Gasteiger partial charge on any atom is -0.273 e. The van der Waals surface area contributed by atoms with Crippen LogP contribution in [0.15, 0.2) is 18.2 Å². The number of halogens is 7. The van der Waals surface area contributed by atoms with Crippen LogP contribution in [0.5, 0.6) is 0 Å². The minimum absolute atomic E-state index is 0.135. The third kappa shape index (κ3) is 3.36. The zero-order valence-corrected chi connectivity index (χ0v) is 16.1. The first kappa shape index (κ1) is 21.9. The van der Waals surface area contributed by atoms with Gasteiger partial charge in [-0.2, -0.15) is 26.3 Å². The number of rotatable bonds is 2. The Kier molecular flexibility index (Phi) is 5.01. The lowest BCUT2D eigenvalue weighted by molar-refractivity contribution is -0.348. The maximum atomic E-state index is 14.4. The lowest BCUT2D eigenvalue weighted by Gasteiger charge is -2.34. The van der Waals surface area contributed by atoms with Crippen LogP contribution in [-0.2, 0) is 21.7 Å². The molecule has 1 N–H and O–H groups in total. The molecule has 1 aromatic rings. The van der Waals surface area contributed by atoms with Gasteiger partial charge >= 0.3 is 18.0 Å². The second-order valence-electron chi connectivity index (χ2n) is 8.34. The molecule has 11 heteroatoms. The van der Waals surface area contributed by atoms with Crippen molar-refractivity contribution in [2.45, 2.75) is 56.0 Å². The Hall–Kier alpha value is -2.33. The molecular weight excluding hydrogens is 433 g/mol. The van der Waals surface area contributed by atoms with Crippen molar-refractivity contribution in [3.8, 4) is 0 Å². The quantitative estimate of drug-likeness (QED) is 0.681. The number of carbonyl (C=O) groups is 2. The summed E-state index contributed by atoms with van der Waals surface area (Å²) in [6, 6.07) is 2.36. The Morgan fingerprint density at radius 2 is 1.65 bits per heavy atom. The van der Waals surface area contributed by atoms with Gasteiger partial charge in [0.15, 0.2) is 0 Å². The Morgan fingerprint density at radius 1 is 0.968 bits per heavy atom. The van der Waals surface area contributed by atoms with Gasteiger partial charge in [0.1, 0.15) is 0 Å². The molecule has 2 aliphatic carbocycles. The highest BCUT2D eigenvalue weighted by molar-refractivity contribution is 5.86. The van der Waals surface area contributed by atoms with Crippen LogP contribution >= 0.6 is 0 Å². The molecule has 1 saturated carbocycles. The summed E-state index contributed by atoms with van der Waals surface area (Å²) in [4.78, 5) is 24.2. The molecule has 1 aromatic carbocycles. The molecule has 170 valence electrons. The topological polar surface area (TPSA) is 49.4 Å². The summed E-state index contributed by atoms with van der Waals surface area (Å²) >= 11 is 0. The summed E-state index contributed by atoms with van der Waals surface area (Å²) in [5, 5.41) is 1.28. The van der Waals surface area contributed by atoms with Crippen LogP contribution in [0.2, 0.25) is 0 Å². The number of fused-ring (bicyclic) bond motifs is 3. The van der Waals surface area contributed by atoms with Crippen molar-refractivity contribution in [2.75, 3.05) is 6.54 Å². The van der Waals surface area contributed by atoms with E-state index in [0.717, 1.165) is 6.07 Å². The average molecular weight is 452 g/mol. The van der Waals surface area contributed by atoms with Crippen molar-refractivity contribution >= 4 is 11.8 Å². The molecular formula is C20H19F7N2O2. The van der Waals surface area contributed by atoms with E-state index in [-0.39, 0.29) is 54.5 Å². The summed E-state index contributed by atoms with van der Waals surface area (Å²) < 4.78 is 92.9. The van der Waals surface area contributed by atoms with Crippen LogP contribution in [0.25, 0.3) is 0 Å². The normalized spacial score (nSPS) is 26.5. The second-order valence-corrected chi connectivity index (χ2v) is 8.34. The molecule has 4 rings (SSSR count). The molecule has 0 aromatic heterocycles. The van der Waals surface area contributed by atoms with E-state index in [1.807, 2.05) is 0 Å². The predicted octanol–water partition coefficient (Wildman–Crippen LogP) is 4.30. The number of aryl methyl sites for hydroxylation is 1. The van der Waals surface area contributed by atoms with Gasteiger partial charge in [0.25, 0.3) is 0 Å². The molecule has 2 amide bonds. The van der Waals surface area contributed by atoms with E-state index >= 15 is 0 Å². The zero-order chi connectivity index (χ0) is 22.8. The summed E-state index contributed by atoms with van der Waals surface area (Å²) in [6.07, 6.45) is -10.5. The van der Waals surface area contributed by atoms with Gasteiger partial charge < -0.3 is 0 Å². The zero-order valence-electron chi connectivity index (χ0n) is 16.1. The lowest BCUT2D eigenvalue weighted by atomic mass is 9.73. The number of nitrogens with zero attached hydrogens (tertiary/aromatic N) is 1. The first-order chi connectivity index (χ1) is 14.3. The number of carbonyl (C=O) groups excluding carboxylic acids is 2. The van der Waals surface area contributed by atoms with Crippen LogP contribution in [0.4, 0.5) is 30.7 Å². The number of hydrazine groups is 1. The molecule has 2 fully saturated rings. The van der Waals surface area contributed by atoms with E-state index in [1.165, 1.54) is 5.01 Å². The van der Waals surface area contributed by atoms with Gasteiger partial charge in [-0.3, -0.25) is 20.0 Å². The molecule has 4 nitrogen and oxygen atoms in total. The highest BCUT2D eigenvalue weighted by Gasteiger charge is 2.73. The van der Waals surface area contributed by atoms with Gasteiger partial charge in [-0.05, 0) is 48.6 Å². The van der Waals surface area contributed by atoms with E-state index in [4.69, 9.17) is 0 Å². The first-order valence-electron chi connectivity index (χ1n) is 9.91. The molecule has 31 heavy (non-hydrogen) atoms. The summed E-state index contributed by atoms with van der Waals surface area (Å²) in [7, 11) is 0.